The van der Waals surface area contributed by atoms with Gasteiger partial charge in [0.15, 0.2) is 0 Å². The lowest BCUT2D eigenvalue weighted by molar-refractivity contribution is 0.0598. The topological polar surface area (TPSA) is 61.5 Å². The van der Waals surface area contributed by atoms with E-state index >= 15 is 0 Å². The third-order valence-electron chi connectivity index (χ3n) is 3.58. The number of hydrogen-bond donors (Lipinski definition) is 1. The number of benzene rings is 1. The molecule has 0 aromatic heterocycles. The average Bonchev–Trinajstić information content (AvgIpc) is 2.26. The molecular formula is C14H23NO3Si. The minimum atomic E-state index is -2.02. The monoisotopic (exact) mass is 281 g/mol. The third kappa shape index (κ3) is 3.50. The number of nitrogen functional groups attached to an aromatic ring is 1. The molecule has 4 nitrogen and oxygen atoms in total. The highest BCUT2D eigenvalue weighted by atomic mass is 28.4. The molecule has 0 unspecified atom stereocenters. The second-order valence-electron chi connectivity index (χ2n) is 6.11. The van der Waals surface area contributed by atoms with Crippen LogP contribution in [0.5, 0.6) is 5.75 Å². The first-order valence-electron chi connectivity index (χ1n) is 6.25. The van der Waals surface area contributed by atoms with Gasteiger partial charge in [-0.25, -0.2) is 4.79 Å². The van der Waals surface area contributed by atoms with Crippen molar-refractivity contribution in [2.45, 2.75) is 38.9 Å². The van der Waals surface area contributed by atoms with E-state index < -0.39 is 14.3 Å². The van der Waals surface area contributed by atoms with Crippen molar-refractivity contribution in [3.8, 4) is 5.75 Å². The Morgan fingerprint density at radius 2 is 1.84 bits per heavy atom. The van der Waals surface area contributed by atoms with Crippen LogP contribution in [0.25, 0.3) is 0 Å². The Bertz CT molecular complexity index is 478. The van der Waals surface area contributed by atoms with Crippen LogP contribution in [0, 0.1) is 0 Å². The molecule has 0 saturated carbocycles. The van der Waals surface area contributed by atoms with Crippen LogP contribution in [-0.4, -0.2) is 21.4 Å². The molecule has 0 aliphatic rings. The second-order valence-corrected chi connectivity index (χ2v) is 10.8. The van der Waals surface area contributed by atoms with Gasteiger partial charge in [-0.05, 0) is 30.3 Å². The Morgan fingerprint density at radius 3 is 2.32 bits per heavy atom. The lowest BCUT2D eigenvalue weighted by atomic mass is 10.2. The van der Waals surface area contributed by atoms with E-state index in [-0.39, 0.29) is 5.04 Å². The Labute approximate surface area is 116 Å². The molecule has 19 heavy (non-hydrogen) atoms. The van der Waals surface area contributed by atoms with Gasteiger partial charge in [0, 0.05) is 11.8 Å². The zero-order valence-corrected chi connectivity index (χ0v) is 13.5. The molecule has 1 rings (SSSR count). The van der Waals surface area contributed by atoms with E-state index in [0.717, 1.165) is 0 Å². The van der Waals surface area contributed by atoms with Gasteiger partial charge in [-0.2, -0.15) is 0 Å². The molecule has 0 bridgehead atoms. The summed E-state index contributed by atoms with van der Waals surface area (Å²) in [4.78, 5) is 11.8. The van der Waals surface area contributed by atoms with Crippen molar-refractivity contribution >= 4 is 20.0 Å². The van der Waals surface area contributed by atoms with Crippen LogP contribution in [0.4, 0.5) is 5.69 Å². The van der Waals surface area contributed by atoms with Crippen LogP contribution < -0.4 is 10.2 Å². The number of rotatable bonds is 3. The van der Waals surface area contributed by atoms with E-state index in [1.165, 1.54) is 7.11 Å². The van der Waals surface area contributed by atoms with Gasteiger partial charge < -0.3 is 14.9 Å². The number of hydrogen-bond acceptors (Lipinski definition) is 4. The van der Waals surface area contributed by atoms with Crippen LogP contribution in [0.15, 0.2) is 18.2 Å². The Kier molecular flexibility index (Phi) is 4.30. The van der Waals surface area contributed by atoms with Crippen molar-refractivity contribution < 1.29 is 14.0 Å². The second kappa shape index (κ2) is 5.25. The van der Waals surface area contributed by atoms with Gasteiger partial charge in [0.05, 0.1) is 7.11 Å². The van der Waals surface area contributed by atoms with E-state index in [1.54, 1.807) is 18.2 Å². The Morgan fingerprint density at radius 1 is 1.26 bits per heavy atom. The standard InChI is InChI=1S/C14H23NO3Si/c1-14(2,3)19(5,6)18-12-9-10(15)7-8-11(12)13(16)17-4/h7-9H,15H2,1-6H3. The predicted octanol–water partition coefficient (Wildman–Crippen LogP) is 3.44. The number of anilines is 1. The van der Waals surface area contributed by atoms with Gasteiger partial charge in [0.25, 0.3) is 8.32 Å². The maximum Gasteiger partial charge on any atom is 0.341 e. The molecule has 0 fully saturated rings. The van der Waals surface area contributed by atoms with Crippen molar-refractivity contribution in [1.29, 1.82) is 0 Å². The number of nitrogens with two attached hydrogens (primary N) is 1. The highest BCUT2D eigenvalue weighted by Gasteiger charge is 2.39. The minimum Gasteiger partial charge on any atom is -0.543 e. The molecule has 0 spiro atoms. The molecule has 106 valence electrons. The fraction of sp³-hybridized carbons (Fsp3) is 0.500. The zero-order valence-electron chi connectivity index (χ0n) is 12.5. The summed E-state index contributed by atoms with van der Waals surface area (Å²) in [6.07, 6.45) is 0. The lowest BCUT2D eigenvalue weighted by Crippen LogP contribution is -2.44. The fourth-order valence-electron chi connectivity index (χ4n) is 1.33. The summed E-state index contributed by atoms with van der Waals surface area (Å²) in [7, 11) is -0.666. The molecule has 0 saturated heterocycles. The SMILES string of the molecule is COC(=O)c1ccc(N)cc1O[Si](C)(C)C(C)(C)C. The first-order chi connectivity index (χ1) is 8.58. The van der Waals surface area contributed by atoms with E-state index in [2.05, 4.69) is 33.9 Å². The van der Waals surface area contributed by atoms with Crippen LogP contribution in [-0.2, 0) is 4.74 Å². The van der Waals surface area contributed by atoms with Crippen molar-refractivity contribution in [2.75, 3.05) is 12.8 Å². The molecule has 2 N–H and O–H groups in total. The highest BCUT2D eigenvalue weighted by Crippen LogP contribution is 2.38. The first kappa shape index (κ1) is 15.6. The van der Waals surface area contributed by atoms with Crippen LogP contribution >= 0.6 is 0 Å². The minimum absolute atomic E-state index is 0.0466. The number of ether oxygens (including phenoxy) is 1. The van der Waals surface area contributed by atoms with Gasteiger partial charge in [-0.1, -0.05) is 20.8 Å². The highest BCUT2D eigenvalue weighted by molar-refractivity contribution is 6.74. The van der Waals surface area contributed by atoms with Crippen molar-refractivity contribution in [3.63, 3.8) is 0 Å². The van der Waals surface area contributed by atoms with Gasteiger partial charge in [0.1, 0.15) is 11.3 Å². The summed E-state index contributed by atoms with van der Waals surface area (Å²) in [6, 6.07) is 5.00. The molecule has 1 aromatic carbocycles. The van der Waals surface area contributed by atoms with E-state index in [4.69, 9.17) is 14.9 Å². The van der Waals surface area contributed by atoms with Gasteiger partial charge in [-0.3, -0.25) is 0 Å². The van der Waals surface area contributed by atoms with E-state index in [0.29, 0.717) is 17.0 Å². The fourth-order valence-corrected chi connectivity index (χ4v) is 2.35. The maximum absolute atomic E-state index is 11.8. The normalized spacial score (nSPS) is 12.1. The number of esters is 1. The van der Waals surface area contributed by atoms with Crippen molar-refractivity contribution in [1.82, 2.24) is 0 Å². The average molecular weight is 281 g/mol. The summed E-state index contributed by atoms with van der Waals surface area (Å²) in [5.41, 5.74) is 6.77. The van der Waals surface area contributed by atoms with Crippen molar-refractivity contribution in [2.24, 2.45) is 0 Å². The quantitative estimate of drug-likeness (QED) is 0.524. The molecule has 0 amide bonds. The zero-order chi connectivity index (χ0) is 14.8. The number of methoxy groups -OCH3 is 1. The van der Waals surface area contributed by atoms with Gasteiger partial charge in [-0.15, -0.1) is 0 Å². The molecule has 0 radical (unpaired) electrons. The van der Waals surface area contributed by atoms with Crippen LogP contribution in [0.1, 0.15) is 31.1 Å². The number of carbonyl (C=O) groups excluding carboxylic acids is 1. The van der Waals surface area contributed by atoms with Crippen LogP contribution in [0.2, 0.25) is 18.1 Å². The summed E-state index contributed by atoms with van der Waals surface area (Å²) < 4.78 is 10.9. The molecule has 0 aliphatic carbocycles. The van der Waals surface area contributed by atoms with Gasteiger partial charge >= 0.3 is 5.97 Å². The maximum atomic E-state index is 11.8. The smallest absolute Gasteiger partial charge is 0.341 e. The van der Waals surface area contributed by atoms with Gasteiger partial charge in [0.2, 0.25) is 0 Å². The Balaban J connectivity index is 3.20. The van der Waals surface area contributed by atoms with Crippen molar-refractivity contribution in [3.05, 3.63) is 23.8 Å². The number of carbonyl (C=O) groups is 1. The predicted molar refractivity (Wildman–Crippen MR) is 80.0 cm³/mol. The molecule has 0 aliphatic heterocycles. The molecule has 5 heteroatoms. The Hall–Kier alpha value is -1.49. The summed E-state index contributed by atoms with van der Waals surface area (Å²) >= 11 is 0. The lowest BCUT2D eigenvalue weighted by Gasteiger charge is -2.36. The summed E-state index contributed by atoms with van der Waals surface area (Å²) in [6.45, 7) is 10.7. The first-order valence-corrected chi connectivity index (χ1v) is 9.16. The van der Waals surface area contributed by atoms with Crippen LogP contribution in [0.3, 0.4) is 0 Å². The summed E-state index contributed by atoms with van der Waals surface area (Å²) in [5.74, 6) is 0.104. The molecular weight excluding hydrogens is 258 g/mol. The molecule has 1 aromatic rings. The third-order valence-corrected chi connectivity index (χ3v) is 7.92. The largest absolute Gasteiger partial charge is 0.543 e. The molecule has 0 heterocycles. The van der Waals surface area contributed by atoms with E-state index in [9.17, 15) is 4.79 Å². The van der Waals surface area contributed by atoms with E-state index in [1.807, 2.05) is 0 Å². The summed E-state index contributed by atoms with van der Waals surface area (Å²) in [5, 5.41) is 0.0466. The molecule has 0 atom stereocenters.